The number of aromatic nitrogens is 2. The molecule has 5 nitrogen and oxygen atoms in total. The summed E-state index contributed by atoms with van der Waals surface area (Å²) in [5.74, 6) is -1.06. The Morgan fingerprint density at radius 3 is 2.79 bits per heavy atom. The largest absolute Gasteiger partial charge is 0.471 e. The third-order valence-electron chi connectivity index (χ3n) is 4.52. The monoisotopic (exact) mass is 357 g/mol. The molecule has 0 spiro atoms. The van der Waals surface area contributed by atoms with Crippen LogP contribution in [0.3, 0.4) is 0 Å². The van der Waals surface area contributed by atoms with Gasteiger partial charge in [0, 0.05) is 23.9 Å². The SMILES string of the molecule is O=C(C1CCC1)N1CCc2sc(-c3noc(C(F)(F)F)n3)cc2C1. The Kier molecular flexibility index (Phi) is 3.63. The summed E-state index contributed by atoms with van der Waals surface area (Å²) < 4.78 is 42.0. The van der Waals surface area contributed by atoms with Gasteiger partial charge in [-0.05, 0) is 30.9 Å². The molecule has 1 aliphatic carbocycles. The van der Waals surface area contributed by atoms with Gasteiger partial charge in [-0.2, -0.15) is 18.2 Å². The number of nitrogens with zero attached hydrogens (tertiary/aromatic N) is 3. The van der Waals surface area contributed by atoms with E-state index in [0.717, 1.165) is 29.7 Å². The van der Waals surface area contributed by atoms with Gasteiger partial charge in [-0.25, -0.2) is 0 Å². The van der Waals surface area contributed by atoms with E-state index in [2.05, 4.69) is 14.7 Å². The van der Waals surface area contributed by atoms with Gasteiger partial charge < -0.3 is 9.42 Å². The lowest BCUT2D eigenvalue weighted by molar-refractivity contribution is -0.159. The van der Waals surface area contributed by atoms with E-state index >= 15 is 0 Å². The molecule has 0 bridgehead atoms. The average Bonchev–Trinajstić information content (AvgIpc) is 3.10. The second kappa shape index (κ2) is 5.58. The average molecular weight is 357 g/mol. The van der Waals surface area contributed by atoms with Crippen LogP contribution in [-0.4, -0.2) is 27.5 Å². The Labute approximate surface area is 139 Å². The predicted molar refractivity (Wildman–Crippen MR) is 79.1 cm³/mol. The molecule has 0 radical (unpaired) electrons. The molecule has 0 saturated heterocycles. The van der Waals surface area contributed by atoms with E-state index in [1.54, 1.807) is 6.07 Å². The van der Waals surface area contributed by atoms with Gasteiger partial charge in [0.05, 0.1) is 4.88 Å². The fourth-order valence-electron chi connectivity index (χ4n) is 2.98. The first-order valence-electron chi connectivity index (χ1n) is 7.73. The second-order valence-corrected chi connectivity index (χ2v) is 7.25. The van der Waals surface area contributed by atoms with Crippen LogP contribution in [0, 0.1) is 5.92 Å². The Balaban J connectivity index is 1.54. The van der Waals surface area contributed by atoms with Crippen molar-refractivity contribution in [3.8, 4) is 10.7 Å². The standard InChI is InChI=1S/C15H14F3N3O2S/c16-15(17,18)14-19-12(20-23-14)11-6-9-7-21(5-4-10(9)24-11)13(22)8-2-1-3-8/h6,8H,1-5,7H2. The lowest BCUT2D eigenvalue weighted by Crippen LogP contribution is -2.41. The van der Waals surface area contributed by atoms with Gasteiger partial charge in [-0.3, -0.25) is 4.79 Å². The number of amides is 1. The Morgan fingerprint density at radius 1 is 1.38 bits per heavy atom. The van der Waals surface area contributed by atoms with Crippen LogP contribution in [0.5, 0.6) is 0 Å². The molecule has 1 amide bonds. The van der Waals surface area contributed by atoms with E-state index in [9.17, 15) is 18.0 Å². The number of alkyl halides is 3. The molecular weight excluding hydrogens is 343 g/mol. The van der Waals surface area contributed by atoms with Crippen molar-refractivity contribution >= 4 is 17.2 Å². The number of halogens is 3. The van der Waals surface area contributed by atoms with Gasteiger partial charge in [-0.15, -0.1) is 11.3 Å². The summed E-state index contributed by atoms with van der Waals surface area (Å²) in [6.45, 7) is 1.16. The number of fused-ring (bicyclic) bond motifs is 1. The number of thiophene rings is 1. The van der Waals surface area contributed by atoms with Crippen molar-refractivity contribution in [2.24, 2.45) is 5.92 Å². The summed E-state index contributed by atoms with van der Waals surface area (Å²) in [6.07, 6.45) is -0.908. The minimum atomic E-state index is -4.64. The molecule has 24 heavy (non-hydrogen) atoms. The zero-order valence-corrected chi connectivity index (χ0v) is 13.4. The van der Waals surface area contributed by atoms with Crippen molar-refractivity contribution in [1.82, 2.24) is 15.0 Å². The highest BCUT2D eigenvalue weighted by Crippen LogP contribution is 2.37. The summed E-state index contributed by atoms with van der Waals surface area (Å²) in [6, 6.07) is 1.77. The molecule has 2 aromatic rings. The molecule has 9 heteroatoms. The van der Waals surface area contributed by atoms with Crippen molar-refractivity contribution in [3.63, 3.8) is 0 Å². The van der Waals surface area contributed by atoms with Gasteiger partial charge in [0.15, 0.2) is 0 Å². The predicted octanol–water partition coefficient (Wildman–Crippen LogP) is 3.50. The Bertz CT molecular complexity index is 779. The molecule has 4 rings (SSSR count). The van der Waals surface area contributed by atoms with E-state index in [-0.39, 0.29) is 17.6 Å². The second-order valence-electron chi connectivity index (χ2n) is 6.12. The molecule has 2 aromatic heterocycles. The lowest BCUT2D eigenvalue weighted by Gasteiger charge is -2.33. The first-order valence-corrected chi connectivity index (χ1v) is 8.55. The summed E-state index contributed by atoms with van der Waals surface area (Å²) >= 11 is 1.36. The third kappa shape index (κ3) is 2.70. The summed E-state index contributed by atoms with van der Waals surface area (Å²) in [7, 11) is 0. The first-order chi connectivity index (χ1) is 11.4. The molecule has 0 N–H and O–H groups in total. The molecule has 0 aromatic carbocycles. The van der Waals surface area contributed by atoms with Crippen LogP contribution in [0.4, 0.5) is 13.2 Å². The van der Waals surface area contributed by atoms with Gasteiger partial charge in [0.1, 0.15) is 0 Å². The molecule has 128 valence electrons. The molecular formula is C15H14F3N3O2S. The highest BCUT2D eigenvalue weighted by atomic mass is 32.1. The van der Waals surface area contributed by atoms with Crippen LogP contribution < -0.4 is 0 Å². The molecule has 0 atom stereocenters. The van der Waals surface area contributed by atoms with E-state index in [1.165, 1.54) is 11.3 Å². The van der Waals surface area contributed by atoms with Gasteiger partial charge in [0.25, 0.3) is 0 Å². The molecule has 1 aliphatic heterocycles. The smallest absolute Gasteiger partial charge is 0.338 e. The quantitative estimate of drug-likeness (QED) is 0.825. The van der Waals surface area contributed by atoms with E-state index in [1.807, 2.05) is 4.90 Å². The summed E-state index contributed by atoms with van der Waals surface area (Å²) in [4.78, 5) is 19.2. The normalized spacial score (nSPS) is 18.4. The highest BCUT2D eigenvalue weighted by molar-refractivity contribution is 7.15. The number of rotatable bonds is 2. The van der Waals surface area contributed by atoms with Gasteiger partial charge in [0.2, 0.25) is 11.7 Å². The maximum absolute atomic E-state index is 12.6. The van der Waals surface area contributed by atoms with Crippen molar-refractivity contribution in [3.05, 3.63) is 22.4 Å². The number of carbonyl (C=O) groups is 1. The van der Waals surface area contributed by atoms with Crippen LogP contribution in [-0.2, 0) is 23.9 Å². The minimum absolute atomic E-state index is 0.0569. The maximum Gasteiger partial charge on any atom is 0.471 e. The van der Waals surface area contributed by atoms with E-state index in [0.29, 0.717) is 24.4 Å². The Hall–Kier alpha value is -1.90. The topological polar surface area (TPSA) is 59.2 Å². The van der Waals surface area contributed by atoms with E-state index in [4.69, 9.17) is 0 Å². The molecule has 0 unspecified atom stereocenters. The van der Waals surface area contributed by atoms with Crippen LogP contribution in [0.15, 0.2) is 10.6 Å². The summed E-state index contributed by atoms with van der Waals surface area (Å²) in [5.41, 5.74) is 0.965. The molecule has 2 aliphatic rings. The fraction of sp³-hybridized carbons (Fsp3) is 0.533. The van der Waals surface area contributed by atoms with Crippen LogP contribution >= 0.6 is 11.3 Å². The first kappa shape index (κ1) is 15.6. The van der Waals surface area contributed by atoms with Crippen LogP contribution in [0.1, 0.15) is 35.6 Å². The zero-order valence-electron chi connectivity index (χ0n) is 12.6. The van der Waals surface area contributed by atoms with Gasteiger partial charge in [-0.1, -0.05) is 11.6 Å². The molecule has 3 heterocycles. The van der Waals surface area contributed by atoms with Crippen LogP contribution in [0.25, 0.3) is 10.7 Å². The van der Waals surface area contributed by atoms with Crippen molar-refractivity contribution < 1.29 is 22.5 Å². The number of carbonyl (C=O) groups excluding carboxylic acids is 1. The van der Waals surface area contributed by atoms with E-state index < -0.39 is 12.1 Å². The van der Waals surface area contributed by atoms with Crippen molar-refractivity contribution in [1.29, 1.82) is 0 Å². The van der Waals surface area contributed by atoms with Crippen LogP contribution in [0.2, 0.25) is 0 Å². The number of hydrogen-bond acceptors (Lipinski definition) is 5. The molecule has 1 saturated carbocycles. The lowest BCUT2D eigenvalue weighted by atomic mass is 9.84. The van der Waals surface area contributed by atoms with Gasteiger partial charge >= 0.3 is 12.1 Å². The Morgan fingerprint density at radius 2 is 2.17 bits per heavy atom. The molecule has 1 fully saturated rings. The highest BCUT2D eigenvalue weighted by Gasteiger charge is 2.39. The van der Waals surface area contributed by atoms with Crippen molar-refractivity contribution in [2.75, 3.05) is 6.54 Å². The minimum Gasteiger partial charge on any atom is -0.338 e. The summed E-state index contributed by atoms with van der Waals surface area (Å²) in [5, 5.41) is 3.42. The number of hydrogen-bond donors (Lipinski definition) is 0. The fourth-order valence-corrected chi connectivity index (χ4v) is 4.07. The maximum atomic E-state index is 12.6. The zero-order chi connectivity index (χ0) is 16.9. The van der Waals surface area contributed by atoms with Crippen molar-refractivity contribution in [2.45, 2.75) is 38.4 Å². The third-order valence-corrected chi connectivity index (χ3v) is 5.75.